The number of hydrogen-bond acceptors (Lipinski definition) is 8. The predicted molar refractivity (Wildman–Crippen MR) is 102 cm³/mol. The summed E-state index contributed by atoms with van der Waals surface area (Å²) in [7, 11) is 0. The molecule has 1 saturated heterocycles. The van der Waals surface area contributed by atoms with Crippen molar-refractivity contribution in [2.45, 2.75) is 49.9 Å². The van der Waals surface area contributed by atoms with E-state index < -0.39 is 60.4 Å². The third-order valence-electron chi connectivity index (χ3n) is 4.44. The maximum Gasteiger partial charge on any atom is 0.328 e. The molecule has 4 atom stereocenters. The molecule has 0 aromatic heterocycles. The molecule has 4 unspecified atom stereocenters. The standard InChI is InChI=1S/C16H26N4O8S/c17-8(3-4-12(22)23)15(26)20-5-1-2-11(20)14(25)19-10(7-29)13(24)18-9(6-21)16(27)28/h8-11,21,29H,1-7,17H2,(H,18,24)(H,19,25)(H,22,23)(H,27,28). The van der Waals surface area contributed by atoms with Crippen molar-refractivity contribution in [2.75, 3.05) is 18.9 Å². The number of likely N-dealkylation sites (tertiary alicyclic amines) is 1. The highest BCUT2D eigenvalue weighted by atomic mass is 32.1. The van der Waals surface area contributed by atoms with Gasteiger partial charge in [0.1, 0.15) is 18.1 Å². The zero-order valence-corrected chi connectivity index (χ0v) is 16.5. The Hall–Kier alpha value is -2.38. The summed E-state index contributed by atoms with van der Waals surface area (Å²) in [4.78, 5) is 60.0. The van der Waals surface area contributed by atoms with Gasteiger partial charge in [0.25, 0.3) is 0 Å². The molecule has 13 heteroatoms. The minimum atomic E-state index is -1.53. The maximum absolute atomic E-state index is 12.6. The lowest BCUT2D eigenvalue weighted by Gasteiger charge is -2.28. The monoisotopic (exact) mass is 434 g/mol. The number of amides is 3. The van der Waals surface area contributed by atoms with Crippen molar-refractivity contribution in [3.63, 3.8) is 0 Å². The summed E-state index contributed by atoms with van der Waals surface area (Å²) in [5, 5.41) is 31.1. The molecule has 0 aromatic carbocycles. The van der Waals surface area contributed by atoms with Gasteiger partial charge in [-0.05, 0) is 19.3 Å². The van der Waals surface area contributed by atoms with Crippen molar-refractivity contribution < 1.29 is 39.3 Å². The Morgan fingerprint density at radius 1 is 1.14 bits per heavy atom. The van der Waals surface area contributed by atoms with Crippen LogP contribution in [0.15, 0.2) is 0 Å². The van der Waals surface area contributed by atoms with Gasteiger partial charge in [0.2, 0.25) is 17.7 Å². The van der Waals surface area contributed by atoms with Crippen molar-refractivity contribution in [2.24, 2.45) is 5.73 Å². The Morgan fingerprint density at radius 2 is 1.79 bits per heavy atom. The van der Waals surface area contributed by atoms with Crippen LogP contribution in [0.25, 0.3) is 0 Å². The zero-order valence-electron chi connectivity index (χ0n) is 15.6. The maximum atomic E-state index is 12.6. The first kappa shape index (κ1) is 24.7. The summed E-state index contributed by atoms with van der Waals surface area (Å²) in [6.45, 7) is -0.561. The van der Waals surface area contributed by atoms with Gasteiger partial charge in [-0.2, -0.15) is 12.6 Å². The summed E-state index contributed by atoms with van der Waals surface area (Å²) < 4.78 is 0. The highest BCUT2D eigenvalue weighted by Gasteiger charge is 2.37. The van der Waals surface area contributed by atoms with Crippen LogP contribution in [0.1, 0.15) is 25.7 Å². The number of thiol groups is 1. The first-order chi connectivity index (χ1) is 13.6. The number of carboxylic acids is 2. The third-order valence-corrected chi connectivity index (χ3v) is 4.80. The van der Waals surface area contributed by atoms with Gasteiger partial charge >= 0.3 is 11.9 Å². The van der Waals surface area contributed by atoms with Crippen LogP contribution in [0, 0.1) is 0 Å². The minimum Gasteiger partial charge on any atom is -0.481 e. The number of rotatable bonds is 11. The van der Waals surface area contributed by atoms with Crippen molar-refractivity contribution in [1.29, 1.82) is 0 Å². The van der Waals surface area contributed by atoms with Crippen molar-refractivity contribution in [3.05, 3.63) is 0 Å². The molecule has 0 bridgehead atoms. The Morgan fingerprint density at radius 3 is 2.31 bits per heavy atom. The number of nitrogens with two attached hydrogens (primary N) is 1. The van der Waals surface area contributed by atoms with Crippen LogP contribution < -0.4 is 16.4 Å². The van der Waals surface area contributed by atoms with E-state index >= 15 is 0 Å². The number of aliphatic carboxylic acids is 2. The molecule has 7 N–H and O–H groups in total. The lowest BCUT2D eigenvalue weighted by atomic mass is 10.1. The number of nitrogens with zero attached hydrogens (tertiary/aromatic N) is 1. The van der Waals surface area contributed by atoms with Crippen LogP contribution >= 0.6 is 12.6 Å². The molecule has 0 spiro atoms. The van der Waals surface area contributed by atoms with Gasteiger partial charge in [-0.1, -0.05) is 0 Å². The molecule has 0 aliphatic carbocycles. The van der Waals surface area contributed by atoms with Crippen LogP contribution in [0.4, 0.5) is 0 Å². The lowest BCUT2D eigenvalue weighted by molar-refractivity contribution is -0.144. The Labute approximate surface area is 172 Å². The highest BCUT2D eigenvalue weighted by Crippen LogP contribution is 2.19. The van der Waals surface area contributed by atoms with E-state index in [-0.39, 0.29) is 25.1 Å². The van der Waals surface area contributed by atoms with Gasteiger partial charge in [-0.3, -0.25) is 19.2 Å². The van der Waals surface area contributed by atoms with Gasteiger partial charge in [0.15, 0.2) is 0 Å². The summed E-state index contributed by atoms with van der Waals surface area (Å²) in [5.41, 5.74) is 5.74. The zero-order chi connectivity index (χ0) is 22.1. The molecule has 164 valence electrons. The summed E-state index contributed by atoms with van der Waals surface area (Å²) >= 11 is 3.98. The Bertz CT molecular complexity index is 646. The van der Waals surface area contributed by atoms with Crippen LogP contribution in [0.5, 0.6) is 0 Å². The second kappa shape index (κ2) is 11.6. The molecule has 1 aliphatic rings. The molecule has 3 amide bonds. The van der Waals surface area contributed by atoms with E-state index in [0.717, 1.165) is 0 Å². The molecule has 0 saturated carbocycles. The summed E-state index contributed by atoms with van der Waals surface area (Å²) in [5.74, 6) is -4.70. The fraction of sp³-hybridized carbons (Fsp3) is 0.688. The van der Waals surface area contributed by atoms with Crippen LogP contribution in [-0.2, 0) is 24.0 Å². The van der Waals surface area contributed by atoms with E-state index in [2.05, 4.69) is 23.3 Å². The lowest BCUT2D eigenvalue weighted by Crippen LogP contribution is -2.57. The molecule has 1 rings (SSSR count). The minimum absolute atomic E-state index is 0.0710. The Kier molecular flexibility index (Phi) is 9.85. The molecule has 0 aromatic rings. The van der Waals surface area contributed by atoms with E-state index in [0.29, 0.717) is 12.8 Å². The number of carbonyl (C=O) groups is 5. The second-order valence-corrected chi connectivity index (χ2v) is 6.92. The number of carbonyl (C=O) groups excluding carboxylic acids is 3. The highest BCUT2D eigenvalue weighted by molar-refractivity contribution is 7.80. The predicted octanol–water partition coefficient (Wildman–Crippen LogP) is -2.85. The van der Waals surface area contributed by atoms with Crippen molar-refractivity contribution in [3.8, 4) is 0 Å². The first-order valence-corrected chi connectivity index (χ1v) is 9.58. The molecule has 1 aliphatic heterocycles. The smallest absolute Gasteiger partial charge is 0.328 e. The number of aliphatic hydroxyl groups excluding tert-OH is 1. The van der Waals surface area contributed by atoms with Crippen LogP contribution in [0.2, 0.25) is 0 Å². The molecule has 1 fully saturated rings. The van der Waals surface area contributed by atoms with Gasteiger partial charge in [0.05, 0.1) is 12.6 Å². The second-order valence-electron chi connectivity index (χ2n) is 6.55. The number of carboxylic acid groups (broad SMARTS) is 2. The normalized spacial score (nSPS) is 19.1. The molecule has 1 heterocycles. The largest absolute Gasteiger partial charge is 0.481 e. The number of aliphatic hydroxyl groups is 1. The van der Waals surface area contributed by atoms with Gasteiger partial charge in [0, 0.05) is 18.7 Å². The average molecular weight is 434 g/mol. The van der Waals surface area contributed by atoms with E-state index in [4.69, 9.17) is 21.1 Å². The van der Waals surface area contributed by atoms with Crippen LogP contribution in [0.3, 0.4) is 0 Å². The van der Waals surface area contributed by atoms with Crippen molar-refractivity contribution >= 4 is 42.3 Å². The number of hydrogen-bond donors (Lipinski definition) is 7. The quantitative estimate of drug-likeness (QED) is 0.167. The third kappa shape index (κ3) is 7.18. The topological polar surface area (TPSA) is 199 Å². The van der Waals surface area contributed by atoms with E-state index in [1.54, 1.807) is 0 Å². The van der Waals surface area contributed by atoms with Gasteiger partial charge in [-0.25, -0.2) is 4.79 Å². The van der Waals surface area contributed by atoms with E-state index in [9.17, 15) is 24.0 Å². The van der Waals surface area contributed by atoms with Gasteiger partial charge in [-0.15, -0.1) is 0 Å². The first-order valence-electron chi connectivity index (χ1n) is 8.95. The molecule has 12 nitrogen and oxygen atoms in total. The fourth-order valence-electron chi connectivity index (χ4n) is 2.84. The Balaban J connectivity index is 2.74. The van der Waals surface area contributed by atoms with E-state index in [1.807, 2.05) is 0 Å². The average Bonchev–Trinajstić information content (AvgIpc) is 3.16. The van der Waals surface area contributed by atoms with Crippen molar-refractivity contribution in [1.82, 2.24) is 15.5 Å². The van der Waals surface area contributed by atoms with Crippen LogP contribution in [-0.4, -0.2) is 93.0 Å². The molecule has 29 heavy (non-hydrogen) atoms. The summed E-state index contributed by atoms with van der Waals surface area (Å²) in [6.07, 6.45) is 0.505. The molecular weight excluding hydrogens is 408 g/mol. The molecular formula is C16H26N4O8S. The summed E-state index contributed by atoms with van der Waals surface area (Å²) in [6, 6.07) is -4.66. The fourth-order valence-corrected chi connectivity index (χ4v) is 3.10. The SMILES string of the molecule is NC(CCC(=O)O)C(=O)N1CCCC1C(=O)NC(CS)C(=O)NC(CO)C(=O)O. The molecule has 0 radical (unpaired) electrons. The van der Waals surface area contributed by atoms with E-state index in [1.165, 1.54) is 4.90 Å². The van der Waals surface area contributed by atoms with Gasteiger partial charge < -0.3 is 36.6 Å². The number of nitrogens with one attached hydrogen (secondary N) is 2.